The van der Waals surface area contributed by atoms with E-state index in [2.05, 4.69) is 9.71 Å². The van der Waals surface area contributed by atoms with Gasteiger partial charge in [0, 0.05) is 23.3 Å². The highest BCUT2D eigenvalue weighted by Gasteiger charge is 2.36. The topological polar surface area (TPSA) is 119 Å². The lowest BCUT2D eigenvalue weighted by molar-refractivity contribution is -0.384. The lowest BCUT2D eigenvalue weighted by atomic mass is 9.92. The van der Waals surface area contributed by atoms with Gasteiger partial charge in [-0.15, -0.1) is 0 Å². The van der Waals surface area contributed by atoms with Crippen LogP contribution in [-0.4, -0.2) is 24.8 Å². The van der Waals surface area contributed by atoms with Crippen LogP contribution in [0.25, 0.3) is 0 Å². The van der Waals surface area contributed by atoms with E-state index in [0.717, 1.165) is 6.07 Å². The van der Waals surface area contributed by atoms with Gasteiger partial charge in [-0.25, -0.2) is 0 Å². The third kappa shape index (κ3) is 2.40. The van der Waals surface area contributed by atoms with Crippen molar-refractivity contribution in [3.05, 3.63) is 74.4 Å². The van der Waals surface area contributed by atoms with Gasteiger partial charge < -0.3 is 5.32 Å². The molecule has 0 atom stereocenters. The molecule has 130 valence electrons. The van der Waals surface area contributed by atoms with Gasteiger partial charge in [-0.3, -0.25) is 14.9 Å². The molecule has 10 heteroatoms. The molecular weight excluding hydrogens is 382 g/mol. The SMILES string of the molecule is O=C1C(Nc2ccc([N+](=O)[O-])cc2Cl)=CC2=NS(=O)(=O)c3cccc1c32. The van der Waals surface area contributed by atoms with Crippen LogP contribution in [-0.2, 0) is 10.0 Å². The summed E-state index contributed by atoms with van der Waals surface area (Å²) in [6, 6.07) is 8.16. The van der Waals surface area contributed by atoms with Gasteiger partial charge in [-0.1, -0.05) is 23.7 Å². The number of hydrogen-bond acceptors (Lipinski definition) is 6. The minimum absolute atomic E-state index is 0.00187. The number of Topliss-reactive ketones (excluding diaryl/α,β-unsaturated/α-hetero) is 1. The van der Waals surface area contributed by atoms with Crippen molar-refractivity contribution >= 4 is 44.5 Å². The average molecular weight is 390 g/mol. The van der Waals surface area contributed by atoms with Gasteiger partial charge in [0.05, 0.1) is 31.9 Å². The number of rotatable bonds is 3. The van der Waals surface area contributed by atoms with Gasteiger partial charge in [0.25, 0.3) is 15.7 Å². The number of hydrogen-bond donors (Lipinski definition) is 1. The highest BCUT2D eigenvalue weighted by Crippen LogP contribution is 2.35. The van der Waals surface area contributed by atoms with E-state index in [1.165, 1.54) is 36.4 Å². The molecule has 2 aliphatic rings. The molecule has 4 rings (SSSR count). The summed E-state index contributed by atoms with van der Waals surface area (Å²) in [4.78, 5) is 22.9. The zero-order valence-electron chi connectivity index (χ0n) is 12.8. The number of nitro groups is 1. The first-order valence-corrected chi connectivity index (χ1v) is 9.05. The van der Waals surface area contributed by atoms with Crippen molar-refractivity contribution in [1.29, 1.82) is 0 Å². The van der Waals surface area contributed by atoms with Crippen LogP contribution in [0.5, 0.6) is 0 Å². The van der Waals surface area contributed by atoms with E-state index in [4.69, 9.17) is 11.6 Å². The van der Waals surface area contributed by atoms with Crippen molar-refractivity contribution in [3.63, 3.8) is 0 Å². The van der Waals surface area contributed by atoms with Crippen molar-refractivity contribution in [2.75, 3.05) is 5.32 Å². The summed E-state index contributed by atoms with van der Waals surface area (Å²) in [7, 11) is -3.83. The van der Waals surface area contributed by atoms with E-state index in [1.54, 1.807) is 0 Å². The van der Waals surface area contributed by atoms with Crippen LogP contribution in [0.4, 0.5) is 11.4 Å². The first-order valence-electron chi connectivity index (χ1n) is 7.23. The Labute approximate surface area is 152 Å². The zero-order chi connectivity index (χ0) is 18.6. The van der Waals surface area contributed by atoms with Crippen LogP contribution < -0.4 is 5.32 Å². The first kappa shape index (κ1) is 16.4. The molecule has 0 spiro atoms. The fourth-order valence-corrected chi connectivity index (χ4v) is 4.27. The highest BCUT2D eigenvalue weighted by molar-refractivity contribution is 7.90. The molecule has 8 nitrogen and oxygen atoms in total. The van der Waals surface area contributed by atoms with Crippen LogP contribution in [0.2, 0.25) is 5.02 Å². The summed E-state index contributed by atoms with van der Waals surface area (Å²) in [5.41, 5.74) is 0.823. The number of nitro benzene ring substituents is 1. The molecule has 1 heterocycles. The van der Waals surface area contributed by atoms with Crippen LogP contribution >= 0.6 is 11.6 Å². The van der Waals surface area contributed by atoms with Crippen molar-refractivity contribution < 1.29 is 18.1 Å². The Morgan fingerprint density at radius 2 is 1.96 bits per heavy atom. The number of ketones is 1. The van der Waals surface area contributed by atoms with Crippen molar-refractivity contribution in [2.45, 2.75) is 4.90 Å². The van der Waals surface area contributed by atoms with Crippen molar-refractivity contribution in [1.82, 2.24) is 0 Å². The Morgan fingerprint density at radius 3 is 2.65 bits per heavy atom. The molecule has 0 aromatic heterocycles. The van der Waals surface area contributed by atoms with E-state index in [-0.39, 0.29) is 43.8 Å². The number of nitrogens with one attached hydrogen (secondary N) is 1. The van der Waals surface area contributed by atoms with Crippen LogP contribution in [0.3, 0.4) is 0 Å². The number of halogens is 1. The van der Waals surface area contributed by atoms with Gasteiger partial charge in [0.2, 0.25) is 5.78 Å². The molecule has 0 radical (unpaired) electrons. The minimum atomic E-state index is -3.83. The molecule has 1 aliphatic carbocycles. The summed E-state index contributed by atoms with van der Waals surface area (Å²) in [6.07, 6.45) is 1.33. The van der Waals surface area contributed by atoms with E-state index in [0.29, 0.717) is 0 Å². The molecule has 0 saturated carbocycles. The molecule has 2 aromatic rings. The Bertz CT molecular complexity index is 1180. The van der Waals surface area contributed by atoms with Crippen LogP contribution in [0.1, 0.15) is 15.9 Å². The second kappa shape index (κ2) is 5.48. The predicted octanol–water partition coefficient (Wildman–Crippen LogP) is 2.93. The van der Waals surface area contributed by atoms with E-state index in [9.17, 15) is 23.3 Å². The number of carbonyl (C=O) groups excluding carboxylic acids is 1. The quantitative estimate of drug-likeness (QED) is 0.636. The second-order valence-corrected chi connectivity index (χ2v) is 7.54. The van der Waals surface area contributed by atoms with Gasteiger partial charge in [0.1, 0.15) is 0 Å². The van der Waals surface area contributed by atoms with Gasteiger partial charge in [-0.2, -0.15) is 12.8 Å². The predicted molar refractivity (Wildman–Crippen MR) is 94.3 cm³/mol. The Hall–Kier alpha value is -3.04. The van der Waals surface area contributed by atoms with E-state index >= 15 is 0 Å². The summed E-state index contributed by atoms with van der Waals surface area (Å²) in [5.74, 6) is -0.424. The number of nitrogens with zero attached hydrogens (tertiary/aromatic N) is 2. The smallest absolute Gasteiger partial charge is 0.283 e. The highest BCUT2D eigenvalue weighted by atomic mass is 35.5. The number of benzene rings is 2. The minimum Gasteiger partial charge on any atom is -0.351 e. The number of allylic oxidation sites excluding steroid dienone is 2. The zero-order valence-corrected chi connectivity index (χ0v) is 14.3. The molecule has 1 N–H and O–H groups in total. The second-order valence-electron chi connectivity index (χ2n) is 5.56. The molecule has 0 saturated heterocycles. The molecule has 0 bridgehead atoms. The third-order valence-electron chi connectivity index (χ3n) is 3.98. The summed E-state index contributed by atoms with van der Waals surface area (Å²) in [5, 5.41) is 13.6. The fraction of sp³-hybridized carbons (Fsp3) is 0. The van der Waals surface area contributed by atoms with Crippen molar-refractivity contribution in [2.24, 2.45) is 4.40 Å². The Balaban J connectivity index is 1.78. The van der Waals surface area contributed by atoms with Crippen LogP contribution in [0, 0.1) is 10.1 Å². The lowest BCUT2D eigenvalue weighted by Crippen LogP contribution is -2.21. The Kier molecular flexibility index (Phi) is 3.46. The van der Waals surface area contributed by atoms with Gasteiger partial charge in [-0.05, 0) is 18.2 Å². The van der Waals surface area contributed by atoms with E-state index in [1.807, 2.05) is 0 Å². The standard InChI is InChI=1S/C16H8ClN3O5S/c17-10-6-8(20(22)23)4-5-11(10)18-13-7-12-15-9(16(13)21)2-1-3-14(15)26(24,25)19-12/h1-7,18H. The fourth-order valence-electron chi connectivity index (χ4n) is 2.83. The maximum absolute atomic E-state index is 12.7. The molecule has 26 heavy (non-hydrogen) atoms. The summed E-state index contributed by atoms with van der Waals surface area (Å²) >= 11 is 6.03. The monoisotopic (exact) mass is 389 g/mol. The van der Waals surface area contributed by atoms with Crippen LogP contribution in [0.15, 0.2) is 57.5 Å². The van der Waals surface area contributed by atoms with Crippen molar-refractivity contribution in [3.8, 4) is 0 Å². The summed E-state index contributed by atoms with van der Waals surface area (Å²) in [6.45, 7) is 0. The molecule has 1 aliphatic heterocycles. The third-order valence-corrected chi connectivity index (χ3v) is 5.63. The molecular formula is C16H8ClN3O5S. The maximum atomic E-state index is 12.7. The lowest BCUT2D eigenvalue weighted by Gasteiger charge is -2.17. The average Bonchev–Trinajstić information content (AvgIpc) is 2.85. The van der Waals surface area contributed by atoms with Gasteiger partial charge >= 0.3 is 0 Å². The largest absolute Gasteiger partial charge is 0.351 e. The Morgan fingerprint density at radius 1 is 1.19 bits per heavy atom. The summed E-state index contributed by atoms with van der Waals surface area (Å²) < 4.78 is 27.9. The number of non-ortho nitro benzene ring substituents is 1. The van der Waals surface area contributed by atoms with E-state index < -0.39 is 20.7 Å². The molecule has 2 aromatic carbocycles. The normalized spacial score (nSPS) is 16.6. The maximum Gasteiger partial charge on any atom is 0.283 e. The number of anilines is 1. The number of carbonyl (C=O) groups is 1. The molecule has 0 unspecified atom stereocenters. The molecule has 0 fully saturated rings. The van der Waals surface area contributed by atoms with Gasteiger partial charge in [0.15, 0.2) is 0 Å². The number of sulfonamides is 1. The first-order chi connectivity index (χ1) is 12.3. The molecule has 0 amide bonds.